The number of hydrogen-bond acceptors (Lipinski definition) is 4. The molecule has 0 aromatic carbocycles. The summed E-state index contributed by atoms with van der Waals surface area (Å²) in [6.07, 6.45) is 4.98. The van der Waals surface area contributed by atoms with Gasteiger partial charge in [0.05, 0.1) is 5.25 Å². The largest absolute Gasteiger partial charge is 0.480 e. The van der Waals surface area contributed by atoms with Crippen molar-refractivity contribution in [1.29, 1.82) is 0 Å². The summed E-state index contributed by atoms with van der Waals surface area (Å²) in [5.74, 6) is -1.12. The maximum atomic E-state index is 12.4. The zero-order valence-corrected chi connectivity index (χ0v) is 13.6. The number of carbonyl (C=O) groups is 2. The van der Waals surface area contributed by atoms with E-state index in [1.165, 1.54) is 6.92 Å². The smallest absolute Gasteiger partial charge is 0.321 e. The van der Waals surface area contributed by atoms with Gasteiger partial charge in [0.2, 0.25) is 15.9 Å². The molecule has 1 saturated carbocycles. The van der Waals surface area contributed by atoms with Crippen LogP contribution in [0.25, 0.3) is 0 Å². The average Bonchev–Trinajstić information content (AvgIpc) is 3.00. The monoisotopic (exact) mass is 332 g/mol. The van der Waals surface area contributed by atoms with Crippen molar-refractivity contribution in [1.82, 2.24) is 9.62 Å². The SMILES string of the molecule is C[C@H](NS(=O)(=O)C1CCCN(C(=O)C2CCCC2)C1)C(=O)O. The zero-order chi connectivity index (χ0) is 16.3. The molecule has 2 atom stereocenters. The summed E-state index contributed by atoms with van der Waals surface area (Å²) in [6, 6.07) is -1.16. The molecule has 2 N–H and O–H groups in total. The number of piperidine rings is 1. The zero-order valence-electron chi connectivity index (χ0n) is 12.8. The van der Waals surface area contributed by atoms with Crippen LogP contribution in [-0.2, 0) is 19.6 Å². The van der Waals surface area contributed by atoms with Crippen LogP contribution in [-0.4, -0.2) is 54.7 Å². The summed E-state index contributed by atoms with van der Waals surface area (Å²) in [5.41, 5.74) is 0. The van der Waals surface area contributed by atoms with Gasteiger partial charge in [-0.15, -0.1) is 0 Å². The van der Waals surface area contributed by atoms with Gasteiger partial charge in [-0.2, -0.15) is 0 Å². The van der Waals surface area contributed by atoms with Crippen molar-refractivity contribution in [2.24, 2.45) is 5.92 Å². The normalized spacial score (nSPS) is 25.1. The molecule has 1 heterocycles. The van der Waals surface area contributed by atoms with Crippen molar-refractivity contribution in [3.8, 4) is 0 Å². The summed E-state index contributed by atoms with van der Waals surface area (Å²) in [4.78, 5) is 24.9. The molecule has 1 aliphatic carbocycles. The van der Waals surface area contributed by atoms with Gasteiger partial charge in [0.25, 0.3) is 0 Å². The predicted molar refractivity (Wildman–Crippen MR) is 80.7 cm³/mol. The van der Waals surface area contributed by atoms with Gasteiger partial charge in [-0.1, -0.05) is 12.8 Å². The molecule has 0 bridgehead atoms. The molecule has 2 rings (SSSR count). The molecule has 0 aromatic heterocycles. The Bertz CT molecular complexity index is 527. The number of sulfonamides is 1. The first-order valence-electron chi connectivity index (χ1n) is 7.84. The van der Waals surface area contributed by atoms with Crippen LogP contribution in [0, 0.1) is 5.92 Å². The van der Waals surface area contributed by atoms with Crippen LogP contribution in [0.4, 0.5) is 0 Å². The Morgan fingerprint density at radius 2 is 1.82 bits per heavy atom. The minimum absolute atomic E-state index is 0.0346. The van der Waals surface area contributed by atoms with Crippen LogP contribution in [0.15, 0.2) is 0 Å². The maximum absolute atomic E-state index is 12.4. The first-order valence-corrected chi connectivity index (χ1v) is 9.38. The summed E-state index contributed by atoms with van der Waals surface area (Å²) in [5, 5.41) is 8.11. The lowest BCUT2D eigenvalue weighted by Crippen LogP contribution is -2.51. The Hall–Kier alpha value is -1.15. The van der Waals surface area contributed by atoms with Crippen molar-refractivity contribution in [3.05, 3.63) is 0 Å². The lowest BCUT2D eigenvalue weighted by Gasteiger charge is -2.34. The molecule has 1 saturated heterocycles. The van der Waals surface area contributed by atoms with Gasteiger partial charge >= 0.3 is 5.97 Å². The second-order valence-corrected chi connectivity index (χ2v) is 8.25. The van der Waals surface area contributed by atoms with Gasteiger partial charge < -0.3 is 10.0 Å². The Kier molecular flexibility index (Phi) is 5.44. The molecule has 0 aromatic rings. The van der Waals surface area contributed by atoms with Crippen molar-refractivity contribution in [2.75, 3.05) is 13.1 Å². The number of likely N-dealkylation sites (tertiary alicyclic amines) is 1. The highest BCUT2D eigenvalue weighted by atomic mass is 32.2. The lowest BCUT2D eigenvalue weighted by atomic mass is 10.0. The Morgan fingerprint density at radius 3 is 2.41 bits per heavy atom. The third-order valence-electron chi connectivity index (χ3n) is 4.54. The van der Waals surface area contributed by atoms with E-state index in [-0.39, 0.29) is 18.4 Å². The molecule has 1 aliphatic heterocycles. The summed E-state index contributed by atoms with van der Waals surface area (Å²) >= 11 is 0. The highest BCUT2D eigenvalue weighted by Gasteiger charge is 2.36. The Morgan fingerprint density at radius 1 is 1.18 bits per heavy atom. The number of carbonyl (C=O) groups excluding carboxylic acids is 1. The predicted octanol–water partition coefficient (Wildman–Crippen LogP) is 0.560. The molecular weight excluding hydrogens is 308 g/mol. The van der Waals surface area contributed by atoms with Gasteiger partial charge in [-0.05, 0) is 32.6 Å². The number of rotatable bonds is 5. The molecular formula is C14H24N2O5S. The molecule has 0 radical (unpaired) electrons. The molecule has 8 heteroatoms. The van der Waals surface area contributed by atoms with Gasteiger partial charge in [0.1, 0.15) is 6.04 Å². The first-order chi connectivity index (χ1) is 10.3. The molecule has 7 nitrogen and oxygen atoms in total. The van der Waals surface area contributed by atoms with Crippen LogP contribution in [0.5, 0.6) is 0 Å². The molecule has 2 aliphatic rings. The summed E-state index contributed by atoms with van der Waals surface area (Å²) in [7, 11) is -3.74. The maximum Gasteiger partial charge on any atom is 0.321 e. The van der Waals surface area contributed by atoms with Crippen LogP contribution >= 0.6 is 0 Å². The van der Waals surface area contributed by atoms with E-state index < -0.39 is 27.3 Å². The Balaban J connectivity index is 2.00. The quantitative estimate of drug-likeness (QED) is 0.765. The van der Waals surface area contributed by atoms with E-state index in [1.54, 1.807) is 4.90 Å². The van der Waals surface area contributed by atoms with E-state index in [2.05, 4.69) is 4.72 Å². The Labute approximate surface area is 131 Å². The highest BCUT2D eigenvalue weighted by Crippen LogP contribution is 2.28. The minimum Gasteiger partial charge on any atom is -0.480 e. The van der Waals surface area contributed by atoms with E-state index in [4.69, 9.17) is 5.11 Å². The van der Waals surface area contributed by atoms with Crippen LogP contribution < -0.4 is 4.72 Å². The molecule has 126 valence electrons. The second kappa shape index (κ2) is 6.95. The molecule has 1 amide bonds. The van der Waals surface area contributed by atoms with Crippen molar-refractivity contribution in [3.63, 3.8) is 0 Å². The van der Waals surface area contributed by atoms with Crippen LogP contribution in [0.3, 0.4) is 0 Å². The van der Waals surface area contributed by atoms with Crippen LogP contribution in [0.1, 0.15) is 45.4 Å². The lowest BCUT2D eigenvalue weighted by molar-refractivity contribution is -0.138. The number of nitrogens with zero attached hydrogens (tertiary/aromatic N) is 1. The van der Waals surface area contributed by atoms with Crippen molar-refractivity contribution >= 4 is 21.9 Å². The summed E-state index contributed by atoms with van der Waals surface area (Å²) in [6.45, 7) is 2.05. The second-order valence-electron chi connectivity index (χ2n) is 6.25. The molecule has 22 heavy (non-hydrogen) atoms. The van der Waals surface area contributed by atoms with Gasteiger partial charge in [-0.3, -0.25) is 9.59 Å². The fourth-order valence-electron chi connectivity index (χ4n) is 3.22. The van der Waals surface area contributed by atoms with Gasteiger partial charge in [0.15, 0.2) is 0 Å². The molecule has 2 fully saturated rings. The number of hydrogen-bond donors (Lipinski definition) is 2. The topological polar surface area (TPSA) is 104 Å². The van der Waals surface area contributed by atoms with E-state index in [0.29, 0.717) is 19.4 Å². The molecule has 0 spiro atoms. The van der Waals surface area contributed by atoms with Gasteiger partial charge in [-0.25, -0.2) is 13.1 Å². The van der Waals surface area contributed by atoms with E-state index in [1.807, 2.05) is 0 Å². The standard InChI is InChI=1S/C14H24N2O5S/c1-10(14(18)19)15-22(20,21)12-7-4-8-16(9-12)13(17)11-5-2-3-6-11/h10-12,15H,2-9H2,1H3,(H,18,19)/t10-,12?/m0/s1. The minimum atomic E-state index is -3.74. The number of carboxylic acids is 1. The van der Waals surface area contributed by atoms with Gasteiger partial charge in [0, 0.05) is 19.0 Å². The number of amides is 1. The number of aliphatic carboxylic acids is 1. The highest BCUT2D eigenvalue weighted by molar-refractivity contribution is 7.90. The average molecular weight is 332 g/mol. The first kappa shape index (κ1) is 17.2. The van der Waals surface area contributed by atoms with Crippen molar-refractivity contribution < 1.29 is 23.1 Å². The fourth-order valence-corrected chi connectivity index (χ4v) is 4.85. The molecule has 1 unspecified atom stereocenters. The van der Waals surface area contributed by atoms with E-state index >= 15 is 0 Å². The summed E-state index contributed by atoms with van der Waals surface area (Å²) < 4.78 is 26.7. The number of nitrogens with one attached hydrogen (secondary N) is 1. The van der Waals surface area contributed by atoms with Crippen LogP contribution in [0.2, 0.25) is 0 Å². The van der Waals surface area contributed by atoms with Crippen molar-refractivity contribution in [2.45, 2.75) is 56.7 Å². The third-order valence-corrected chi connectivity index (χ3v) is 6.49. The number of carboxylic acid groups (broad SMARTS) is 1. The van der Waals surface area contributed by atoms with E-state index in [9.17, 15) is 18.0 Å². The third kappa shape index (κ3) is 3.98. The van der Waals surface area contributed by atoms with E-state index in [0.717, 1.165) is 25.7 Å². The fraction of sp³-hybridized carbons (Fsp3) is 0.857.